The van der Waals surface area contributed by atoms with Crippen molar-refractivity contribution in [3.63, 3.8) is 0 Å². The van der Waals surface area contributed by atoms with Gasteiger partial charge in [-0.1, -0.05) is 36.4 Å². The van der Waals surface area contributed by atoms with Gasteiger partial charge < -0.3 is 0 Å². The third-order valence-corrected chi connectivity index (χ3v) is 2.59. The predicted molar refractivity (Wildman–Crippen MR) is 66.0 cm³/mol. The van der Waals surface area contributed by atoms with E-state index in [0.29, 0.717) is 12.0 Å². The Morgan fingerprint density at radius 3 is 2.67 bits per heavy atom. The van der Waals surface area contributed by atoms with Crippen molar-refractivity contribution in [2.75, 3.05) is 6.54 Å². The van der Waals surface area contributed by atoms with E-state index in [9.17, 15) is 14.0 Å². The summed E-state index contributed by atoms with van der Waals surface area (Å²) in [5.41, 5.74) is 0.586. The highest BCUT2D eigenvalue weighted by Gasteiger charge is 2.24. The molecule has 18 heavy (non-hydrogen) atoms. The molecule has 0 aromatic heterocycles. The lowest BCUT2D eigenvalue weighted by atomic mass is 10.2. The minimum absolute atomic E-state index is 0.226. The normalized spacial score (nSPS) is 15.9. The summed E-state index contributed by atoms with van der Waals surface area (Å²) in [6.45, 7) is 0.226. The third-order valence-electron chi connectivity index (χ3n) is 2.59. The van der Waals surface area contributed by atoms with E-state index in [2.05, 4.69) is 0 Å². The Morgan fingerprint density at radius 1 is 1.28 bits per heavy atom. The number of benzene rings is 1. The molecule has 0 spiro atoms. The fourth-order valence-corrected chi connectivity index (χ4v) is 1.68. The molecule has 0 unspecified atom stereocenters. The van der Waals surface area contributed by atoms with Crippen molar-refractivity contribution in [3.05, 3.63) is 53.9 Å². The highest BCUT2D eigenvalue weighted by atomic mass is 19.1. The number of halogens is 1. The van der Waals surface area contributed by atoms with Crippen LogP contribution in [0.15, 0.2) is 48.3 Å². The maximum Gasteiger partial charge on any atom is 0.289 e. The van der Waals surface area contributed by atoms with Gasteiger partial charge in [-0.3, -0.25) is 14.5 Å². The van der Waals surface area contributed by atoms with Crippen LogP contribution in [0.1, 0.15) is 12.0 Å². The molecule has 1 aromatic rings. The smallest absolute Gasteiger partial charge is 0.273 e. The van der Waals surface area contributed by atoms with Crippen molar-refractivity contribution in [3.8, 4) is 0 Å². The fraction of sp³-hybridized carbons (Fsp3) is 0.143. The molecule has 2 rings (SSSR count). The molecule has 4 heteroatoms. The van der Waals surface area contributed by atoms with E-state index in [1.165, 1.54) is 6.08 Å². The van der Waals surface area contributed by atoms with Crippen molar-refractivity contribution in [2.45, 2.75) is 6.42 Å². The minimum Gasteiger partial charge on any atom is -0.273 e. The zero-order valence-electron chi connectivity index (χ0n) is 9.67. The van der Waals surface area contributed by atoms with Gasteiger partial charge in [0.05, 0.1) is 0 Å². The molecule has 0 bridgehead atoms. The molecule has 0 fully saturated rings. The quantitative estimate of drug-likeness (QED) is 0.750. The highest BCUT2D eigenvalue weighted by Crippen LogP contribution is 2.13. The van der Waals surface area contributed by atoms with Gasteiger partial charge in [0.25, 0.3) is 11.8 Å². The van der Waals surface area contributed by atoms with Crippen LogP contribution in [0.2, 0.25) is 0 Å². The monoisotopic (exact) mass is 245 g/mol. The van der Waals surface area contributed by atoms with Crippen molar-refractivity contribution < 1.29 is 14.0 Å². The standard InChI is InChI=1S/C14H12FNO2/c15-12(10-11-6-2-1-3-7-11)14(18)16-9-5-4-8-13(16)17/h1-4,6-8,10H,5,9H2. The van der Waals surface area contributed by atoms with Gasteiger partial charge in [-0.2, -0.15) is 0 Å². The molecular weight excluding hydrogens is 233 g/mol. The summed E-state index contributed by atoms with van der Waals surface area (Å²) in [6, 6.07) is 8.67. The SMILES string of the molecule is O=C1C=CCCN1C(=O)C(F)=Cc1ccccc1. The molecule has 1 aliphatic rings. The van der Waals surface area contributed by atoms with Gasteiger partial charge in [0.2, 0.25) is 0 Å². The summed E-state index contributed by atoms with van der Waals surface area (Å²) < 4.78 is 13.7. The van der Waals surface area contributed by atoms with Crippen LogP contribution in [-0.4, -0.2) is 23.3 Å². The average Bonchev–Trinajstić information content (AvgIpc) is 2.39. The third kappa shape index (κ3) is 2.71. The number of carbonyl (C=O) groups excluding carboxylic acids is 2. The number of amides is 2. The van der Waals surface area contributed by atoms with E-state index in [1.54, 1.807) is 36.4 Å². The van der Waals surface area contributed by atoms with Gasteiger partial charge in [-0.15, -0.1) is 0 Å². The first-order valence-corrected chi connectivity index (χ1v) is 5.63. The molecule has 3 nitrogen and oxygen atoms in total. The van der Waals surface area contributed by atoms with Gasteiger partial charge in [0.1, 0.15) is 0 Å². The van der Waals surface area contributed by atoms with Crippen molar-refractivity contribution in [1.29, 1.82) is 0 Å². The summed E-state index contributed by atoms with van der Waals surface area (Å²) in [7, 11) is 0. The first kappa shape index (κ1) is 12.2. The summed E-state index contributed by atoms with van der Waals surface area (Å²) in [5, 5.41) is 0. The zero-order chi connectivity index (χ0) is 13.0. The van der Waals surface area contributed by atoms with E-state index < -0.39 is 17.6 Å². The maximum absolute atomic E-state index is 13.7. The molecule has 1 heterocycles. The Balaban J connectivity index is 2.16. The molecule has 0 atom stereocenters. The van der Waals surface area contributed by atoms with Crippen LogP contribution < -0.4 is 0 Å². The Kier molecular flexibility index (Phi) is 3.67. The van der Waals surface area contributed by atoms with Gasteiger partial charge >= 0.3 is 0 Å². The van der Waals surface area contributed by atoms with Crippen LogP contribution in [0.5, 0.6) is 0 Å². The fourth-order valence-electron chi connectivity index (χ4n) is 1.68. The topological polar surface area (TPSA) is 37.4 Å². The molecule has 0 saturated heterocycles. The lowest BCUT2D eigenvalue weighted by molar-refractivity contribution is -0.140. The summed E-state index contributed by atoms with van der Waals surface area (Å²) in [6.07, 6.45) is 4.66. The maximum atomic E-state index is 13.7. The largest absolute Gasteiger partial charge is 0.289 e. The number of nitrogens with zero attached hydrogens (tertiary/aromatic N) is 1. The van der Waals surface area contributed by atoms with E-state index in [1.807, 2.05) is 0 Å². The summed E-state index contributed by atoms with van der Waals surface area (Å²) in [5.74, 6) is -2.28. The number of carbonyl (C=O) groups is 2. The van der Waals surface area contributed by atoms with Gasteiger partial charge in [-0.05, 0) is 24.1 Å². The van der Waals surface area contributed by atoms with Gasteiger partial charge in [-0.25, -0.2) is 4.39 Å². The Hall–Kier alpha value is -2.23. The first-order valence-electron chi connectivity index (χ1n) is 5.63. The molecule has 92 valence electrons. The van der Waals surface area contributed by atoms with Crippen LogP contribution in [0.25, 0.3) is 6.08 Å². The summed E-state index contributed by atoms with van der Waals surface area (Å²) in [4.78, 5) is 24.1. The number of rotatable bonds is 2. The number of hydrogen-bond donors (Lipinski definition) is 0. The number of imide groups is 1. The molecule has 0 saturated carbocycles. The second-order valence-electron chi connectivity index (χ2n) is 3.89. The molecule has 1 aliphatic heterocycles. The molecule has 0 N–H and O–H groups in total. The predicted octanol–water partition coefficient (Wildman–Crippen LogP) is 2.31. The van der Waals surface area contributed by atoms with Crippen molar-refractivity contribution in [1.82, 2.24) is 4.90 Å². The Morgan fingerprint density at radius 2 is 2.00 bits per heavy atom. The minimum atomic E-state index is -0.926. The number of hydrogen-bond acceptors (Lipinski definition) is 2. The van der Waals surface area contributed by atoms with Crippen LogP contribution in [0.3, 0.4) is 0 Å². The van der Waals surface area contributed by atoms with Crippen LogP contribution in [-0.2, 0) is 9.59 Å². The molecule has 1 aromatic carbocycles. The molecule has 2 amide bonds. The first-order chi connectivity index (χ1) is 8.68. The van der Waals surface area contributed by atoms with E-state index in [4.69, 9.17) is 0 Å². The Bertz CT molecular complexity index is 520. The van der Waals surface area contributed by atoms with Gasteiger partial charge in [0.15, 0.2) is 5.83 Å². The van der Waals surface area contributed by atoms with Crippen LogP contribution in [0.4, 0.5) is 4.39 Å². The second-order valence-corrected chi connectivity index (χ2v) is 3.89. The van der Waals surface area contributed by atoms with Crippen molar-refractivity contribution in [2.24, 2.45) is 0 Å². The van der Waals surface area contributed by atoms with Crippen LogP contribution >= 0.6 is 0 Å². The van der Waals surface area contributed by atoms with E-state index >= 15 is 0 Å². The van der Waals surface area contributed by atoms with Gasteiger partial charge in [0, 0.05) is 6.54 Å². The molecule has 0 radical (unpaired) electrons. The zero-order valence-corrected chi connectivity index (χ0v) is 9.67. The lowest BCUT2D eigenvalue weighted by Crippen LogP contribution is -2.38. The highest BCUT2D eigenvalue weighted by molar-refractivity contribution is 6.08. The second kappa shape index (κ2) is 5.40. The van der Waals surface area contributed by atoms with Crippen LogP contribution in [0, 0.1) is 0 Å². The van der Waals surface area contributed by atoms with Crippen molar-refractivity contribution >= 4 is 17.9 Å². The summed E-state index contributed by atoms with van der Waals surface area (Å²) >= 11 is 0. The molecule has 0 aliphatic carbocycles. The van der Waals surface area contributed by atoms with E-state index in [-0.39, 0.29) is 6.54 Å². The molecular formula is C14H12FNO2. The van der Waals surface area contributed by atoms with E-state index in [0.717, 1.165) is 11.0 Å². The average molecular weight is 245 g/mol. The lowest BCUT2D eigenvalue weighted by Gasteiger charge is -2.20. The Labute approximate surface area is 104 Å².